The molecule has 10 heteroatoms. The summed E-state index contributed by atoms with van der Waals surface area (Å²) in [5.74, 6) is -0.776. The molecule has 0 bridgehead atoms. The van der Waals surface area contributed by atoms with Gasteiger partial charge in [0, 0.05) is 27.6 Å². The Morgan fingerprint density at radius 1 is 1.15 bits per heavy atom. The van der Waals surface area contributed by atoms with E-state index in [0.717, 1.165) is 17.7 Å². The fraction of sp³-hybridized carbons (Fsp3) is 0. The number of carbonyl (C=O) groups is 1. The Kier molecular flexibility index (Phi) is 5.93. The number of nitrogens with two attached hydrogens (primary N) is 1. The largest absolute Gasteiger partial charge is 0.411 e. The molecule has 27 heavy (non-hydrogen) atoms. The summed E-state index contributed by atoms with van der Waals surface area (Å²) in [6.07, 6.45) is 1.03. The second-order valence-electron chi connectivity index (χ2n) is 5.29. The van der Waals surface area contributed by atoms with Gasteiger partial charge in [-0.2, -0.15) is 4.37 Å². The molecule has 138 valence electrons. The van der Waals surface area contributed by atoms with E-state index in [2.05, 4.69) is 9.53 Å². The van der Waals surface area contributed by atoms with E-state index in [1.807, 2.05) is 0 Å². The number of hydrogen-bond acceptors (Lipinski definition) is 5. The van der Waals surface area contributed by atoms with Crippen LogP contribution in [0.1, 0.15) is 15.9 Å². The Morgan fingerprint density at radius 3 is 2.41 bits per heavy atom. The van der Waals surface area contributed by atoms with E-state index in [0.29, 0.717) is 32.4 Å². The van der Waals surface area contributed by atoms with Gasteiger partial charge in [0.25, 0.3) is 5.91 Å². The van der Waals surface area contributed by atoms with Crippen LogP contribution < -0.4 is 5.73 Å². The lowest BCUT2D eigenvalue weighted by Gasteiger charge is -2.14. The fourth-order valence-electron chi connectivity index (χ4n) is 2.60. The first-order valence-corrected chi connectivity index (χ1v) is 9.60. The van der Waals surface area contributed by atoms with E-state index in [-0.39, 0.29) is 21.2 Å². The van der Waals surface area contributed by atoms with Gasteiger partial charge < -0.3 is 10.9 Å². The molecule has 3 rings (SSSR count). The van der Waals surface area contributed by atoms with Crippen LogP contribution in [0, 0.1) is 0 Å². The predicted molar refractivity (Wildman–Crippen MR) is 111 cm³/mol. The third-order valence-corrected chi connectivity index (χ3v) is 5.71. The van der Waals surface area contributed by atoms with Crippen LogP contribution >= 0.6 is 57.9 Å². The molecule has 0 aliphatic carbocycles. The number of nitrogens with zero attached hydrogens (tertiary/aromatic N) is 2. The summed E-state index contributed by atoms with van der Waals surface area (Å²) in [5.41, 5.74) is 7.61. The van der Waals surface area contributed by atoms with Crippen molar-refractivity contribution >= 4 is 70.1 Å². The maximum atomic E-state index is 12.1. The van der Waals surface area contributed by atoms with Crippen molar-refractivity contribution in [2.45, 2.75) is 0 Å². The number of aromatic nitrogens is 1. The van der Waals surface area contributed by atoms with Crippen molar-refractivity contribution in [3.05, 3.63) is 60.9 Å². The molecule has 0 aliphatic rings. The Balaban J connectivity index is 2.35. The van der Waals surface area contributed by atoms with Crippen molar-refractivity contribution in [2.75, 3.05) is 0 Å². The minimum atomic E-state index is -0.776. The van der Waals surface area contributed by atoms with Gasteiger partial charge >= 0.3 is 0 Å². The van der Waals surface area contributed by atoms with Gasteiger partial charge in [-0.05, 0) is 29.7 Å². The summed E-state index contributed by atoms with van der Waals surface area (Å²) in [6.45, 7) is 0. The van der Waals surface area contributed by atoms with Crippen molar-refractivity contribution in [3.8, 4) is 22.4 Å². The van der Waals surface area contributed by atoms with Gasteiger partial charge in [0.05, 0.1) is 37.6 Å². The van der Waals surface area contributed by atoms with Crippen molar-refractivity contribution in [1.82, 2.24) is 4.37 Å². The minimum Gasteiger partial charge on any atom is -0.411 e. The van der Waals surface area contributed by atoms with Gasteiger partial charge in [0.15, 0.2) is 0 Å². The Labute approximate surface area is 178 Å². The van der Waals surface area contributed by atoms with E-state index in [9.17, 15) is 4.79 Å². The van der Waals surface area contributed by atoms with Crippen LogP contribution in [0.5, 0.6) is 0 Å². The number of rotatable bonds is 4. The Morgan fingerprint density at radius 2 is 1.81 bits per heavy atom. The molecule has 1 heterocycles. The molecule has 2 aromatic carbocycles. The van der Waals surface area contributed by atoms with E-state index in [4.69, 9.17) is 57.3 Å². The smallest absolute Gasteiger partial charge is 0.250 e. The average Bonchev–Trinajstić information content (AvgIpc) is 3.06. The number of amides is 1. The summed E-state index contributed by atoms with van der Waals surface area (Å²) >= 11 is 26.3. The highest BCUT2D eigenvalue weighted by Gasteiger charge is 2.24. The summed E-state index contributed by atoms with van der Waals surface area (Å²) in [5, 5.41) is 14.4. The standard InChI is InChI=1S/C17H9Cl4N3O2S/c18-10-2-1-3-11(19)14(10)16-9(6-27-24-16)7-4-12(20)8(5-23-26)15(21)13(7)17(22)25/h1-6,26H,(H2,22,25). The molecule has 0 spiro atoms. The normalized spacial score (nSPS) is 11.3. The molecule has 0 saturated heterocycles. The van der Waals surface area contributed by atoms with Crippen LogP contribution in [-0.2, 0) is 0 Å². The lowest BCUT2D eigenvalue weighted by Crippen LogP contribution is -2.14. The highest BCUT2D eigenvalue weighted by Crippen LogP contribution is 2.43. The number of primary amides is 1. The number of carbonyl (C=O) groups excluding carboxylic acids is 1. The number of hydrogen-bond donors (Lipinski definition) is 2. The topological polar surface area (TPSA) is 88.6 Å². The maximum absolute atomic E-state index is 12.1. The first-order valence-electron chi connectivity index (χ1n) is 7.25. The molecular formula is C17H9Cl4N3O2S. The Hall–Kier alpha value is -1.83. The van der Waals surface area contributed by atoms with Crippen LogP contribution in [-0.4, -0.2) is 21.7 Å². The zero-order valence-electron chi connectivity index (χ0n) is 13.2. The van der Waals surface area contributed by atoms with Crippen molar-refractivity contribution in [2.24, 2.45) is 10.9 Å². The molecule has 0 saturated carbocycles. The average molecular weight is 461 g/mol. The lowest BCUT2D eigenvalue weighted by molar-refractivity contribution is 0.100. The first kappa shape index (κ1) is 19.9. The summed E-state index contributed by atoms with van der Waals surface area (Å²) < 4.78 is 4.37. The van der Waals surface area contributed by atoms with Crippen LogP contribution in [0.2, 0.25) is 20.1 Å². The molecule has 0 atom stereocenters. The van der Waals surface area contributed by atoms with E-state index < -0.39 is 5.91 Å². The monoisotopic (exact) mass is 459 g/mol. The van der Waals surface area contributed by atoms with Crippen LogP contribution in [0.4, 0.5) is 0 Å². The number of benzene rings is 2. The molecule has 5 nitrogen and oxygen atoms in total. The molecule has 0 aliphatic heterocycles. The van der Waals surface area contributed by atoms with Gasteiger partial charge in [0.1, 0.15) is 0 Å². The summed E-state index contributed by atoms with van der Waals surface area (Å²) in [7, 11) is 0. The molecule has 0 radical (unpaired) electrons. The molecule has 1 aromatic heterocycles. The maximum Gasteiger partial charge on any atom is 0.250 e. The summed E-state index contributed by atoms with van der Waals surface area (Å²) in [4.78, 5) is 12.1. The SMILES string of the molecule is NC(=O)c1c(-c2csnc2-c2c(Cl)cccc2Cl)cc(Cl)c(C=NO)c1Cl. The number of halogens is 4. The quantitative estimate of drug-likeness (QED) is 0.284. The van der Waals surface area contributed by atoms with E-state index in [1.165, 1.54) is 6.07 Å². The van der Waals surface area contributed by atoms with Crippen LogP contribution in [0.3, 0.4) is 0 Å². The second-order valence-corrected chi connectivity index (χ2v) is 7.52. The van der Waals surface area contributed by atoms with Crippen molar-refractivity contribution < 1.29 is 10.0 Å². The molecule has 3 N–H and O–H groups in total. The fourth-order valence-corrected chi connectivity index (χ4v) is 4.51. The predicted octanol–water partition coefficient (Wildman–Crippen LogP) is 6.00. The molecular weight excluding hydrogens is 452 g/mol. The summed E-state index contributed by atoms with van der Waals surface area (Å²) in [6, 6.07) is 6.58. The zero-order chi connectivity index (χ0) is 19.7. The Bertz CT molecular complexity index is 1060. The molecule has 0 unspecified atom stereocenters. The van der Waals surface area contributed by atoms with E-state index >= 15 is 0 Å². The molecule has 1 amide bonds. The first-order chi connectivity index (χ1) is 12.9. The minimum absolute atomic E-state index is 0.0144. The van der Waals surface area contributed by atoms with Gasteiger partial charge in [-0.15, -0.1) is 0 Å². The van der Waals surface area contributed by atoms with Crippen LogP contribution in [0.15, 0.2) is 34.8 Å². The highest BCUT2D eigenvalue weighted by atomic mass is 35.5. The van der Waals surface area contributed by atoms with Crippen LogP contribution in [0.25, 0.3) is 22.4 Å². The molecule has 0 fully saturated rings. The lowest BCUT2D eigenvalue weighted by atomic mass is 9.95. The third kappa shape index (κ3) is 3.63. The number of oxime groups is 1. The van der Waals surface area contributed by atoms with Gasteiger partial charge in [-0.3, -0.25) is 4.79 Å². The second kappa shape index (κ2) is 8.04. The zero-order valence-corrected chi connectivity index (χ0v) is 17.1. The van der Waals surface area contributed by atoms with Gasteiger partial charge in [-0.25, -0.2) is 0 Å². The van der Waals surface area contributed by atoms with Crippen molar-refractivity contribution in [1.29, 1.82) is 0 Å². The van der Waals surface area contributed by atoms with Gasteiger partial charge in [0.2, 0.25) is 0 Å². The highest BCUT2D eigenvalue weighted by molar-refractivity contribution is 7.04. The van der Waals surface area contributed by atoms with E-state index in [1.54, 1.807) is 23.6 Å². The van der Waals surface area contributed by atoms with Crippen molar-refractivity contribution in [3.63, 3.8) is 0 Å². The molecule has 3 aromatic rings. The van der Waals surface area contributed by atoms with Gasteiger partial charge in [-0.1, -0.05) is 57.6 Å². The third-order valence-electron chi connectivity index (χ3n) is 3.75.